The second-order valence-corrected chi connectivity index (χ2v) is 6.93. The van der Waals surface area contributed by atoms with Gasteiger partial charge in [0.05, 0.1) is 36.7 Å². The van der Waals surface area contributed by atoms with Crippen LogP contribution in [0.2, 0.25) is 0 Å². The van der Waals surface area contributed by atoms with Crippen molar-refractivity contribution in [2.45, 2.75) is 19.4 Å². The Hall–Kier alpha value is -3.49. The van der Waals surface area contributed by atoms with Crippen LogP contribution in [0, 0.1) is 22.7 Å². The van der Waals surface area contributed by atoms with Crippen LogP contribution in [0.25, 0.3) is 21.3 Å². The molecule has 1 amide bonds. The van der Waals surface area contributed by atoms with E-state index in [4.69, 9.17) is 10.5 Å². The molecule has 0 aliphatic carbocycles. The highest BCUT2D eigenvalue weighted by Crippen LogP contribution is 2.30. The first kappa shape index (κ1) is 19.3. The average Bonchev–Trinajstić information content (AvgIpc) is 3.16. The molecular formula is C20H17N5O2S. The van der Waals surface area contributed by atoms with Crippen molar-refractivity contribution in [3.05, 3.63) is 52.4 Å². The van der Waals surface area contributed by atoms with Gasteiger partial charge in [-0.05, 0) is 5.56 Å². The zero-order chi connectivity index (χ0) is 19.9. The first-order valence-corrected chi connectivity index (χ1v) is 9.57. The number of fused-ring (bicyclic) bond motifs is 1. The summed E-state index contributed by atoms with van der Waals surface area (Å²) < 4.78 is 1.29. The molecule has 3 aromatic rings. The Morgan fingerprint density at radius 3 is 2.46 bits per heavy atom. The molecule has 1 aromatic carbocycles. The summed E-state index contributed by atoms with van der Waals surface area (Å²) >= 11 is 1.39. The van der Waals surface area contributed by atoms with E-state index in [0.29, 0.717) is 10.2 Å². The summed E-state index contributed by atoms with van der Waals surface area (Å²) in [4.78, 5) is 32.0. The maximum atomic E-state index is 13.0. The molecule has 0 atom stereocenters. The number of carbonyl (C=O) groups excluding carboxylic acids is 1. The Labute approximate surface area is 165 Å². The second-order valence-electron chi connectivity index (χ2n) is 6.07. The van der Waals surface area contributed by atoms with Crippen LogP contribution in [0.5, 0.6) is 0 Å². The minimum Gasteiger partial charge on any atom is -0.339 e. The molecule has 2 aromatic heterocycles. The minimum atomic E-state index is -0.315. The van der Waals surface area contributed by atoms with E-state index in [1.807, 2.05) is 47.9 Å². The molecule has 2 heterocycles. The van der Waals surface area contributed by atoms with Gasteiger partial charge in [-0.1, -0.05) is 30.3 Å². The van der Waals surface area contributed by atoms with Crippen molar-refractivity contribution in [2.75, 3.05) is 13.1 Å². The molecular weight excluding hydrogens is 374 g/mol. The molecule has 3 rings (SSSR count). The predicted octanol–water partition coefficient (Wildman–Crippen LogP) is 2.78. The SMILES string of the molecule is N#CCCN(CCC#N)C(=O)Cn1cnc2scc(-c3ccccc3)c2c1=O. The van der Waals surface area contributed by atoms with Crippen molar-refractivity contribution in [2.24, 2.45) is 0 Å². The van der Waals surface area contributed by atoms with Crippen LogP contribution in [0.15, 0.2) is 46.8 Å². The lowest BCUT2D eigenvalue weighted by atomic mass is 10.1. The number of aromatic nitrogens is 2. The molecule has 0 fully saturated rings. The van der Waals surface area contributed by atoms with Gasteiger partial charge in [0.1, 0.15) is 11.4 Å². The Bertz CT molecular complexity index is 1100. The molecule has 0 N–H and O–H groups in total. The van der Waals surface area contributed by atoms with E-state index in [1.165, 1.54) is 27.1 Å². The molecule has 140 valence electrons. The summed E-state index contributed by atoms with van der Waals surface area (Å²) in [6.45, 7) is 0.285. The predicted molar refractivity (Wildman–Crippen MR) is 106 cm³/mol. The molecule has 8 heteroatoms. The zero-order valence-electron chi connectivity index (χ0n) is 15.0. The van der Waals surface area contributed by atoms with Crippen LogP contribution in [0.1, 0.15) is 12.8 Å². The van der Waals surface area contributed by atoms with Gasteiger partial charge in [-0.3, -0.25) is 14.2 Å². The Balaban J connectivity index is 1.92. The van der Waals surface area contributed by atoms with E-state index in [9.17, 15) is 9.59 Å². The quantitative estimate of drug-likeness (QED) is 0.616. The third-order valence-corrected chi connectivity index (χ3v) is 5.18. The third-order valence-electron chi connectivity index (χ3n) is 4.29. The van der Waals surface area contributed by atoms with Crippen molar-refractivity contribution in [3.63, 3.8) is 0 Å². The highest BCUT2D eigenvalue weighted by Gasteiger charge is 2.17. The standard InChI is InChI=1S/C20H17N5O2S/c21-8-4-10-24(11-5-9-22)17(26)12-25-14-23-19-18(20(25)27)16(13-28-19)15-6-2-1-3-7-15/h1-3,6-7,13-14H,4-5,10-12H2. The number of benzene rings is 1. The fourth-order valence-electron chi connectivity index (χ4n) is 2.89. The summed E-state index contributed by atoms with van der Waals surface area (Å²) in [5.41, 5.74) is 1.44. The van der Waals surface area contributed by atoms with Crippen molar-refractivity contribution in [3.8, 4) is 23.3 Å². The number of thiophene rings is 1. The first-order valence-electron chi connectivity index (χ1n) is 8.69. The number of rotatable bonds is 7. The van der Waals surface area contributed by atoms with Gasteiger partial charge in [0.15, 0.2) is 0 Å². The van der Waals surface area contributed by atoms with Crippen LogP contribution in [-0.4, -0.2) is 33.4 Å². The van der Waals surface area contributed by atoms with Crippen molar-refractivity contribution in [1.82, 2.24) is 14.5 Å². The smallest absolute Gasteiger partial charge is 0.263 e. The van der Waals surface area contributed by atoms with E-state index in [2.05, 4.69) is 4.98 Å². The van der Waals surface area contributed by atoms with E-state index in [1.54, 1.807) is 0 Å². The van der Waals surface area contributed by atoms with Crippen LogP contribution in [0.3, 0.4) is 0 Å². The molecule has 0 aliphatic heterocycles. The number of amides is 1. The number of nitriles is 2. The lowest BCUT2D eigenvalue weighted by molar-refractivity contribution is -0.131. The van der Waals surface area contributed by atoms with Crippen molar-refractivity contribution in [1.29, 1.82) is 10.5 Å². The molecule has 0 radical (unpaired) electrons. The zero-order valence-corrected chi connectivity index (χ0v) is 15.9. The third kappa shape index (κ3) is 4.08. The molecule has 0 saturated carbocycles. The van der Waals surface area contributed by atoms with Gasteiger partial charge >= 0.3 is 0 Å². The Morgan fingerprint density at radius 1 is 1.14 bits per heavy atom. The topological polar surface area (TPSA) is 103 Å². The van der Waals surface area contributed by atoms with E-state index in [0.717, 1.165) is 11.1 Å². The normalized spacial score (nSPS) is 10.4. The monoisotopic (exact) mass is 391 g/mol. The van der Waals surface area contributed by atoms with Gasteiger partial charge in [0, 0.05) is 24.0 Å². The molecule has 0 spiro atoms. The average molecular weight is 391 g/mol. The van der Waals surface area contributed by atoms with Gasteiger partial charge < -0.3 is 4.90 Å². The maximum Gasteiger partial charge on any atom is 0.263 e. The molecule has 0 unspecified atom stereocenters. The Kier molecular flexibility index (Phi) is 6.15. The number of nitrogens with zero attached hydrogens (tertiary/aromatic N) is 5. The lowest BCUT2D eigenvalue weighted by Crippen LogP contribution is -2.37. The van der Waals surface area contributed by atoms with Crippen molar-refractivity contribution >= 4 is 27.5 Å². The summed E-state index contributed by atoms with van der Waals surface area (Å²) in [7, 11) is 0. The molecule has 0 aliphatic rings. The molecule has 7 nitrogen and oxygen atoms in total. The van der Waals surface area contributed by atoms with Crippen molar-refractivity contribution < 1.29 is 4.79 Å². The fraction of sp³-hybridized carbons (Fsp3) is 0.250. The summed E-state index contributed by atoms with van der Waals surface area (Å²) in [5, 5.41) is 19.9. The largest absolute Gasteiger partial charge is 0.339 e. The Morgan fingerprint density at radius 2 is 1.82 bits per heavy atom. The van der Waals surface area contributed by atoms with Gasteiger partial charge in [-0.25, -0.2) is 4.98 Å². The van der Waals surface area contributed by atoms with E-state index < -0.39 is 0 Å². The molecule has 0 bridgehead atoms. The minimum absolute atomic E-state index is 0.173. The second kappa shape index (κ2) is 8.94. The lowest BCUT2D eigenvalue weighted by Gasteiger charge is -2.20. The van der Waals surface area contributed by atoms with E-state index >= 15 is 0 Å². The molecule has 28 heavy (non-hydrogen) atoms. The number of hydrogen-bond donors (Lipinski definition) is 0. The van der Waals surface area contributed by atoms with Gasteiger partial charge in [-0.2, -0.15) is 10.5 Å². The van der Waals surface area contributed by atoms with Crippen LogP contribution < -0.4 is 5.56 Å². The highest BCUT2D eigenvalue weighted by molar-refractivity contribution is 7.17. The summed E-state index contributed by atoms with van der Waals surface area (Å²) in [6, 6.07) is 13.6. The van der Waals surface area contributed by atoms with E-state index in [-0.39, 0.29) is 43.9 Å². The first-order chi connectivity index (χ1) is 13.7. The summed E-state index contributed by atoms with van der Waals surface area (Å²) in [6.07, 6.45) is 1.72. The number of hydrogen-bond acceptors (Lipinski definition) is 6. The fourth-order valence-corrected chi connectivity index (χ4v) is 3.79. The van der Waals surface area contributed by atoms with Crippen LogP contribution in [0.4, 0.5) is 0 Å². The highest BCUT2D eigenvalue weighted by atomic mass is 32.1. The molecule has 0 saturated heterocycles. The van der Waals surface area contributed by atoms with Crippen LogP contribution >= 0.6 is 11.3 Å². The van der Waals surface area contributed by atoms with Gasteiger partial charge in [0.2, 0.25) is 5.91 Å². The summed E-state index contributed by atoms with van der Waals surface area (Å²) in [5.74, 6) is -0.315. The van der Waals surface area contributed by atoms with Gasteiger partial charge in [-0.15, -0.1) is 11.3 Å². The number of carbonyl (C=O) groups is 1. The van der Waals surface area contributed by atoms with Gasteiger partial charge in [0.25, 0.3) is 5.56 Å². The maximum absolute atomic E-state index is 13.0. The van der Waals surface area contributed by atoms with Crippen LogP contribution in [-0.2, 0) is 11.3 Å².